The molecule has 7 heteroatoms. The van der Waals surface area contributed by atoms with E-state index in [0.29, 0.717) is 24.5 Å². The van der Waals surface area contributed by atoms with Crippen molar-refractivity contribution in [1.82, 2.24) is 0 Å². The van der Waals surface area contributed by atoms with Crippen LogP contribution in [0.15, 0.2) is 48.5 Å². The molecule has 25 heavy (non-hydrogen) atoms. The lowest BCUT2D eigenvalue weighted by atomic mass is 10.2. The Hall–Kier alpha value is -2.15. The van der Waals surface area contributed by atoms with Crippen molar-refractivity contribution in [2.45, 2.75) is 25.0 Å². The van der Waals surface area contributed by atoms with Crippen molar-refractivity contribution in [1.29, 1.82) is 0 Å². The highest BCUT2D eigenvalue weighted by atomic mass is 35.5. The van der Waals surface area contributed by atoms with E-state index < -0.39 is 11.9 Å². The molecule has 1 amide bonds. The Morgan fingerprint density at radius 2 is 2.00 bits per heavy atom. The predicted molar refractivity (Wildman–Crippen MR) is 95.7 cm³/mol. The van der Waals surface area contributed by atoms with E-state index in [4.69, 9.17) is 15.2 Å². The Balaban J connectivity index is 0.00000225. The smallest absolute Gasteiger partial charge is 0.253 e. The highest BCUT2D eigenvalue weighted by Crippen LogP contribution is 2.31. The quantitative estimate of drug-likeness (QED) is 0.849. The molecule has 1 saturated heterocycles. The zero-order chi connectivity index (χ0) is 16.9. The molecule has 0 unspecified atom stereocenters. The number of nitrogens with one attached hydrogen (secondary N) is 1. The first-order chi connectivity index (χ1) is 11.7. The number of nitrogens with two attached hydrogens (primary N) is 1. The number of halogens is 2. The minimum absolute atomic E-state index is 0. The molecule has 1 heterocycles. The second-order valence-electron chi connectivity index (χ2n) is 5.60. The van der Waals surface area contributed by atoms with Crippen LogP contribution in [0.2, 0.25) is 0 Å². The van der Waals surface area contributed by atoms with Gasteiger partial charge in [-0.1, -0.05) is 18.2 Å². The van der Waals surface area contributed by atoms with Gasteiger partial charge in [-0.3, -0.25) is 4.79 Å². The largest absolute Gasteiger partial charge is 0.455 e. The molecule has 0 bridgehead atoms. The Bertz CT molecular complexity index is 715. The number of benzene rings is 2. The maximum atomic E-state index is 13.6. The van der Waals surface area contributed by atoms with E-state index in [2.05, 4.69) is 5.32 Å². The normalized spacial score (nSPS) is 19.1. The van der Waals surface area contributed by atoms with E-state index in [1.54, 1.807) is 12.1 Å². The molecule has 0 aromatic heterocycles. The zero-order valence-electron chi connectivity index (χ0n) is 13.5. The molecule has 0 spiro atoms. The van der Waals surface area contributed by atoms with Gasteiger partial charge in [-0.25, -0.2) is 4.39 Å². The molecule has 0 aliphatic carbocycles. The first-order valence-corrected chi connectivity index (χ1v) is 7.84. The van der Waals surface area contributed by atoms with Gasteiger partial charge in [-0.05, 0) is 37.1 Å². The zero-order valence-corrected chi connectivity index (χ0v) is 14.3. The number of hydrogen-bond donors (Lipinski definition) is 2. The molecule has 2 aromatic carbocycles. The van der Waals surface area contributed by atoms with Gasteiger partial charge in [0, 0.05) is 12.6 Å². The van der Waals surface area contributed by atoms with Gasteiger partial charge in [0.1, 0.15) is 17.7 Å². The van der Waals surface area contributed by atoms with E-state index in [1.807, 2.05) is 18.2 Å². The number of anilines is 1. The third-order valence-corrected chi connectivity index (χ3v) is 3.83. The monoisotopic (exact) mass is 366 g/mol. The van der Waals surface area contributed by atoms with E-state index >= 15 is 0 Å². The van der Waals surface area contributed by atoms with Crippen LogP contribution in [0, 0.1) is 5.82 Å². The van der Waals surface area contributed by atoms with Crippen molar-refractivity contribution < 1.29 is 18.7 Å². The number of ether oxygens (including phenoxy) is 2. The lowest BCUT2D eigenvalue weighted by molar-refractivity contribution is -0.126. The van der Waals surface area contributed by atoms with Crippen LogP contribution in [0.25, 0.3) is 0 Å². The van der Waals surface area contributed by atoms with Gasteiger partial charge >= 0.3 is 0 Å². The van der Waals surface area contributed by atoms with Crippen molar-refractivity contribution >= 4 is 24.0 Å². The Kier molecular flexibility index (Phi) is 6.75. The molecule has 5 nitrogen and oxygen atoms in total. The van der Waals surface area contributed by atoms with Crippen LogP contribution in [0.4, 0.5) is 10.1 Å². The SMILES string of the molecule is Cl.NC[C@H]1CC[C@@H](C(=O)Nc2cc(F)ccc2Oc2ccccc2)O1. The molecular formula is C18H20ClFN2O3. The molecule has 2 atom stereocenters. The highest BCUT2D eigenvalue weighted by Gasteiger charge is 2.30. The fourth-order valence-corrected chi connectivity index (χ4v) is 2.59. The van der Waals surface area contributed by atoms with E-state index in [9.17, 15) is 9.18 Å². The minimum Gasteiger partial charge on any atom is -0.455 e. The maximum absolute atomic E-state index is 13.6. The van der Waals surface area contributed by atoms with Crippen LogP contribution in [0.5, 0.6) is 11.5 Å². The summed E-state index contributed by atoms with van der Waals surface area (Å²) in [7, 11) is 0. The van der Waals surface area contributed by atoms with E-state index in [1.165, 1.54) is 18.2 Å². The fraction of sp³-hybridized carbons (Fsp3) is 0.278. The fourth-order valence-electron chi connectivity index (χ4n) is 2.59. The Morgan fingerprint density at radius 1 is 1.24 bits per heavy atom. The number of carbonyl (C=O) groups excluding carboxylic acids is 1. The molecule has 0 radical (unpaired) electrons. The minimum atomic E-state index is -0.577. The van der Waals surface area contributed by atoms with Crippen molar-refractivity contribution in [3.8, 4) is 11.5 Å². The summed E-state index contributed by atoms with van der Waals surface area (Å²) in [4.78, 5) is 12.3. The van der Waals surface area contributed by atoms with E-state index in [-0.39, 0.29) is 30.1 Å². The van der Waals surface area contributed by atoms with Gasteiger partial charge in [-0.15, -0.1) is 12.4 Å². The third-order valence-electron chi connectivity index (χ3n) is 3.83. The third kappa shape index (κ3) is 4.92. The van der Waals surface area contributed by atoms with Gasteiger partial charge in [0.15, 0.2) is 5.75 Å². The number of carbonyl (C=O) groups is 1. The lowest BCUT2D eigenvalue weighted by Crippen LogP contribution is -2.29. The van der Waals surface area contributed by atoms with Crippen LogP contribution >= 0.6 is 12.4 Å². The molecule has 3 N–H and O–H groups in total. The molecule has 1 aliphatic heterocycles. The lowest BCUT2D eigenvalue weighted by Gasteiger charge is -2.15. The molecule has 134 valence electrons. The summed E-state index contributed by atoms with van der Waals surface area (Å²) in [5.74, 6) is 0.177. The summed E-state index contributed by atoms with van der Waals surface area (Å²) >= 11 is 0. The van der Waals surface area contributed by atoms with Crippen LogP contribution < -0.4 is 15.8 Å². The summed E-state index contributed by atoms with van der Waals surface area (Å²) in [6.45, 7) is 0.381. The molecule has 1 aliphatic rings. The maximum Gasteiger partial charge on any atom is 0.253 e. The second-order valence-corrected chi connectivity index (χ2v) is 5.60. The summed E-state index contributed by atoms with van der Waals surface area (Å²) in [5, 5.41) is 2.69. The van der Waals surface area contributed by atoms with Crippen molar-refractivity contribution in [3.63, 3.8) is 0 Å². The highest BCUT2D eigenvalue weighted by molar-refractivity contribution is 5.95. The van der Waals surface area contributed by atoms with Gasteiger partial charge in [-0.2, -0.15) is 0 Å². The summed E-state index contributed by atoms with van der Waals surface area (Å²) in [6, 6.07) is 13.1. The molecule has 1 fully saturated rings. The first-order valence-electron chi connectivity index (χ1n) is 7.84. The van der Waals surface area contributed by atoms with Crippen molar-refractivity contribution in [2.24, 2.45) is 5.73 Å². The topological polar surface area (TPSA) is 73.6 Å². The Morgan fingerprint density at radius 3 is 2.68 bits per heavy atom. The van der Waals surface area contributed by atoms with Crippen molar-refractivity contribution in [2.75, 3.05) is 11.9 Å². The van der Waals surface area contributed by atoms with Gasteiger partial charge < -0.3 is 20.5 Å². The van der Waals surface area contributed by atoms with E-state index in [0.717, 1.165) is 6.42 Å². The Labute approximate surface area is 151 Å². The number of para-hydroxylation sites is 1. The first kappa shape index (κ1) is 19.2. The number of hydrogen-bond acceptors (Lipinski definition) is 4. The summed E-state index contributed by atoms with van der Waals surface area (Å²) < 4.78 is 24.9. The average Bonchev–Trinajstić information content (AvgIpc) is 3.07. The molecule has 2 aromatic rings. The molecule has 0 saturated carbocycles. The number of amides is 1. The average molecular weight is 367 g/mol. The summed E-state index contributed by atoms with van der Waals surface area (Å²) in [5.41, 5.74) is 5.82. The second kappa shape index (κ2) is 8.80. The van der Waals surface area contributed by atoms with Crippen LogP contribution in [0.3, 0.4) is 0 Å². The predicted octanol–water partition coefficient (Wildman–Crippen LogP) is 3.48. The van der Waals surface area contributed by atoms with Gasteiger partial charge in [0.2, 0.25) is 0 Å². The summed E-state index contributed by atoms with van der Waals surface area (Å²) in [6.07, 6.45) is 0.655. The van der Waals surface area contributed by atoms with Crippen LogP contribution in [-0.2, 0) is 9.53 Å². The molecular weight excluding hydrogens is 347 g/mol. The van der Waals surface area contributed by atoms with Crippen LogP contribution in [-0.4, -0.2) is 24.7 Å². The van der Waals surface area contributed by atoms with Crippen LogP contribution in [0.1, 0.15) is 12.8 Å². The van der Waals surface area contributed by atoms with Gasteiger partial charge in [0.05, 0.1) is 11.8 Å². The van der Waals surface area contributed by atoms with Crippen molar-refractivity contribution in [3.05, 3.63) is 54.3 Å². The number of rotatable bonds is 5. The standard InChI is InChI=1S/C18H19FN2O3.ClH/c19-12-6-8-16(23-13-4-2-1-3-5-13)15(10-12)21-18(22)17-9-7-14(11-20)24-17;/h1-6,8,10,14,17H,7,9,11,20H2,(H,21,22);1H/t14-,17+;/m1./s1. The molecule has 3 rings (SSSR count). The van der Waals surface area contributed by atoms with Gasteiger partial charge in [0.25, 0.3) is 5.91 Å².